The summed E-state index contributed by atoms with van der Waals surface area (Å²) in [6, 6.07) is 10.2. The summed E-state index contributed by atoms with van der Waals surface area (Å²) in [5, 5.41) is 3.88. The predicted molar refractivity (Wildman–Crippen MR) is 79.3 cm³/mol. The van der Waals surface area contributed by atoms with E-state index in [9.17, 15) is 4.79 Å². The van der Waals surface area contributed by atoms with Crippen molar-refractivity contribution in [3.05, 3.63) is 60.2 Å². The van der Waals surface area contributed by atoms with Crippen molar-refractivity contribution in [2.24, 2.45) is 10.8 Å². The highest BCUT2D eigenvalue weighted by molar-refractivity contribution is 7.80. The molecule has 6 nitrogen and oxygen atoms in total. The van der Waals surface area contributed by atoms with Gasteiger partial charge in [0, 0.05) is 12.4 Å². The minimum atomic E-state index is -0.368. The topological polar surface area (TPSA) is 93.3 Å². The third kappa shape index (κ3) is 3.42. The molecular weight excluding hydrogens is 274 g/mol. The molecule has 0 atom stereocenters. The molecule has 2 heterocycles. The normalized spacial score (nSPS) is 10.9. The van der Waals surface area contributed by atoms with Crippen molar-refractivity contribution < 1.29 is 4.79 Å². The Hall–Kier alpha value is -2.67. The number of hydrazone groups is 1. The molecular formula is C13H11N5OS. The largest absolute Gasteiger partial charge is 0.375 e. The Morgan fingerprint density at radius 1 is 1.10 bits per heavy atom. The molecule has 0 aliphatic carbocycles. The van der Waals surface area contributed by atoms with Crippen LogP contribution in [0, 0.1) is 0 Å². The van der Waals surface area contributed by atoms with Crippen LogP contribution in [0.3, 0.4) is 0 Å². The number of nitrogens with one attached hydrogen (secondary N) is 1. The van der Waals surface area contributed by atoms with Gasteiger partial charge in [0.2, 0.25) is 5.78 Å². The zero-order chi connectivity index (χ0) is 14.4. The molecule has 0 unspecified atom stereocenters. The molecule has 0 fully saturated rings. The number of nitrogens with zero attached hydrogens (tertiary/aromatic N) is 3. The van der Waals surface area contributed by atoms with E-state index in [1.807, 2.05) is 0 Å². The number of nitrogens with two attached hydrogens (primary N) is 1. The molecule has 0 amide bonds. The van der Waals surface area contributed by atoms with E-state index < -0.39 is 0 Å². The van der Waals surface area contributed by atoms with E-state index in [0.29, 0.717) is 5.69 Å². The fourth-order valence-electron chi connectivity index (χ4n) is 1.46. The molecule has 2 rings (SSSR count). The Morgan fingerprint density at radius 2 is 1.70 bits per heavy atom. The van der Waals surface area contributed by atoms with Crippen molar-refractivity contribution in [2.45, 2.75) is 0 Å². The summed E-state index contributed by atoms with van der Waals surface area (Å²) in [4.78, 5) is 20.5. The molecule has 0 spiro atoms. The summed E-state index contributed by atoms with van der Waals surface area (Å²) in [7, 11) is 0. The van der Waals surface area contributed by atoms with Crippen LogP contribution in [0.2, 0.25) is 0 Å². The molecule has 0 saturated carbocycles. The highest BCUT2D eigenvalue weighted by atomic mass is 32.1. The summed E-state index contributed by atoms with van der Waals surface area (Å²) in [6.07, 6.45) is 3.10. The maximum atomic E-state index is 12.4. The first-order chi connectivity index (χ1) is 9.68. The lowest BCUT2D eigenvalue weighted by atomic mass is 10.1. The van der Waals surface area contributed by atoms with Crippen LogP contribution in [0.25, 0.3) is 0 Å². The van der Waals surface area contributed by atoms with E-state index in [2.05, 4.69) is 32.7 Å². The van der Waals surface area contributed by atoms with Crippen molar-refractivity contribution in [3.8, 4) is 0 Å². The summed E-state index contributed by atoms with van der Waals surface area (Å²) in [5.41, 5.74) is 8.50. The first kappa shape index (κ1) is 13.8. The number of ketones is 1. The second-order valence-corrected chi connectivity index (χ2v) is 4.14. The fraction of sp³-hybridized carbons (Fsp3) is 0. The van der Waals surface area contributed by atoms with Crippen molar-refractivity contribution in [1.29, 1.82) is 0 Å². The predicted octanol–water partition coefficient (Wildman–Crippen LogP) is 0.897. The van der Waals surface area contributed by atoms with E-state index >= 15 is 0 Å². The maximum absolute atomic E-state index is 12.4. The monoisotopic (exact) mass is 285 g/mol. The molecule has 0 bridgehead atoms. The van der Waals surface area contributed by atoms with E-state index in [-0.39, 0.29) is 22.3 Å². The number of thiocarbonyl (C=S) groups is 1. The van der Waals surface area contributed by atoms with Crippen molar-refractivity contribution in [3.63, 3.8) is 0 Å². The summed E-state index contributed by atoms with van der Waals surface area (Å²) in [5.74, 6) is -0.368. The zero-order valence-electron chi connectivity index (χ0n) is 10.4. The standard InChI is InChI=1S/C13H11N5OS/c14-13(20)18-17-11(9-5-1-3-7-15-9)12(19)10-6-2-4-8-16-10/h1-8H,(H3,14,18,20)/b17-11-. The smallest absolute Gasteiger partial charge is 0.233 e. The molecule has 100 valence electrons. The van der Waals surface area contributed by atoms with Gasteiger partial charge in [-0.15, -0.1) is 0 Å². The number of hydrogen-bond acceptors (Lipinski definition) is 5. The van der Waals surface area contributed by atoms with Crippen LogP contribution in [0.1, 0.15) is 16.2 Å². The molecule has 7 heteroatoms. The van der Waals surface area contributed by atoms with E-state index in [4.69, 9.17) is 5.73 Å². The number of aromatic nitrogens is 2. The summed E-state index contributed by atoms with van der Waals surface area (Å²) in [6.45, 7) is 0. The SMILES string of the molecule is NC(=S)N/N=C(\C(=O)c1ccccn1)c1ccccn1. The quantitative estimate of drug-likeness (QED) is 0.375. The molecule has 0 aliphatic heterocycles. The number of carbonyl (C=O) groups excluding carboxylic acids is 1. The van der Waals surface area contributed by atoms with Gasteiger partial charge in [0.1, 0.15) is 5.69 Å². The second-order valence-electron chi connectivity index (χ2n) is 3.70. The third-order valence-corrected chi connectivity index (χ3v) is 2.39. The van der Waals surface area contributed by atoms with Crippen LogP contribution in [-0.2, 0) is 0 Å². The van der Waals surface area contributed by atoms with Gasteiger partial charge in [0.05, 0.1) is 5.69 Å². The fourth-order valence-corrected chi connectivity index (χ4v) is 1.50. The number of rotatable bonds is 4. The molecule has 0 aromatic carbocycles. The molecule has 0 saturated heterocycles. The number of pyridine rings is 2. The molecule has 20 heavy (non-hydrogen) atoms. The van der Waals surface area contributed by atoms with Gasteiger partial charge in [-0.05, 0) is 36.5 Å². The minimum absolute atomic E-state index is 0.0350. The van der Waals surface area contributed by atoms with Crippen LogP contribution in [0.15, 0.2) is 53.9 Å². The van der Waals surface area contributed by atoms with E-state index in [1.165, 1.54) is 6.20 Å². The third-order valence-electron chi connectivity index (χ3n) is 2.30. The number of hydrogen-bond donors (Lipinski definition) is 2. The van der Waals surface area contributed by atoms with Crippen molar-refractivity contribution in [2.75, 3.05) is 0 Å². The van der Waals surface area contributed by atoms with E-state index in [1.54, 1.807) is 42.6 Å². The van der Waals surface area contributed by atoms with Gasteiger partial charge in [-0.2, -0.15) is 5.10 Å². The van der Waals surface area contributed by atoms with Gasteiger partial charge in [-0.25, -0.2) is 0 Å². The van der Waals surface area contributed by atoms with Crippen LogP contribution < -0.4 is 11.2 Å². The van der Waals surface area contributed by atoms with Crippen LogP contribution in [0.5, 0.6) is 0 Å². The Bertz CT molecular complexity index is 642. The molecule has 2 aromatic heterocycles. The highest BCUT2D eigenvalue weighted by Gasteiger charge is 2.18. The number of Topliss-reactive ketones (excluding diaryl/α,β-unsaturated/α-hetero) is 1. The van der Waals surface area contributed by atoms with Crippen molar-refractivity contribution in [1.82, 2.24) is 15.4 Å². The average Bonchev–Trinajstić information content (AvgIpc) is 2.49. The number of carbonyl (C=O) groups is 1. The second kappa shape index (κ2) is 6.48. The minimum Gasteiger partial charge on any atom is -0.375 e. The lowest BCUT2D eigenvalue weighted by Crippen LogP contribution is -2.28. The molecule has 2 aromatic rings. The van der Waals surface area contributed by atoms with Gasteiger partial charge in [-0.3, -0.25) is 20.2 Å². The maximum Gasteiger partial charge on any atom is 0.233 e. The summed E-state index contributed by atoms with van der Waals surface area (Å²) < 4.78 is 0. The van der Waals surface area contributed by atoms with E-state index in [0.717, 1.165) is 0 Å². The van der Waals surface area contributed by atoms with Gasteiger partial charge in [0.25, 0.3) is 0 Å². The van der Waals surface area contributed by atoms with Gasteiger partial charge in [0.15, 0.2) is 10.8 Å². The first-order valence-electron chi connectivity index (χ1n) is 5.69. The zero-order valence-corrected chi connectivity index (χ0v) is 11.2. The van der Waals surface area contributed by atoms with Gasteiger partial charge < -0.3 is 5.73 Å². The molecule has 0 aliphatic rings. The summed E-state index contributed by atoms with van der Waals surface area (Å²) >= 11 is 4.68. The van der Waals surface area contributed by atoms with Crippen LogP contribution in [-0.4, -0.2) is 26.6 Å². The van der Waals surface area contributed by atoms with Crippen LogP contribution in [0.4, 0.5) is 0 Å². The Balaban J connectivity index is 2.40. The average molecular weight is 285 g/mol. The lowest BCUT2D eigenvalue weighted by molar-refractivity contribution is 0.106. The highest BCUT2D eigenvalue weighted by Crippen LogP contribution is 2.04. The van der Waals surface area contributed by atoms with Crippen molar-refractivity contribution >= 4 is 28.8 Å². The van der Waals surface area contributed by atoms with Crippen LogP contribution >= 0.6 is 12.2 Å². The Kier molecular flexibility index (Phi) is 4.46. The van der Waals surface area contributed by atoms with Gasteiger partial charge in [-0.1, -0.05) is 12.1 Å². The lowest BCUT2D eigenvalue weighted by Gasteiger charge is -2.05. The molecule has 0 radical (unpaired) electrons. The van der Waals surface area contributed by atoms with Gasteiger partial charge >= 0.3 is 0 Å². The molecule has 3 N–H and O–H groups in total. The Labute approximate surface area is 120 Å². The first-order valence-corrected chi connectivity index (χ1v) is 6.09. The Morgan fingerprint density at radius 3 is 2.20 bits per heavy atom.